The van der Waals surface area contributed by atoms with E-state index < -0.39 is 0 Å². The summed E-state index contributed by atoms with van der Waals surface area (Å²) in [5.74, 6) is 0. The number of carbonyl (C=O) groups excluding carboxylic acids is 1. The van der Waals surface area contributed by atoms with E-state index >= 15 is 0 Å². The molecule has 2 amide bonds. The van der Waals surface area contributed by atoms with Crippen molar-refractivity contribution in [2.45, 2.75) is 13.8 Å². The third-order valence-electron chi connectivity index (χ3n) is 1.08. The van der Waals surface area contributed by atoms with Gasteiger partial charge in [0.2, 0.25) is 0 Å². The topological polar surface area (TPSA) is 46.3 Å². The average Bonchev–Trinajstić information content (AvgIpc) is 1.69. The number of primary amides is 1. The number of urea groups is 1. The van der Waals surface area contributed by atoms with Gasteiger partial charge in [0.25, 0.3) is 0 Å². The number of carbonyl (C=O) groups is 1. The molecule has 0 saturated carbocycles. The third-order valence-corrected chi connectivity index (χ3v) is 1.08. The fourth-order valence-corrected chi connectivity index (χ4v) is 0.535. The van der Waals surface area contributed by atoms with Crippen molar-refractivity contribution >= 4 is 24.9 Å². The standard InChI is InChI=1S/C5H12N2O.Li.H/c1-3-7(4-2)5(6)8;;/h3-4H2,1-2H3,(H2,6,8);;. The molecule has 0 atom stereocenters. The Bertz CT molecular complexity index is 83.0. The minimum atomic E-state index is -0.338. The molecule has 0 fully saturated rings. The Morgan fingerprint density at radius 2 is 1.78 bits per heavy atom. The molecule has 0 unspecified atom stereocenters. The fourth-order valence-electron chi connectivity index (χ4n) is 0.535. The first kappa shape index (κ1) is 11.6. The predicted molar refractivity (Wildman–Crippen MR) is 39.7 cm³/mol. The summed E-state index contributed by atoms with van der Waals surface area (Å²) in [6.45, 7) is 5.19. The molecule has 0 aliphatic rings. The Balaban J connectivity index is 0. The van der Waals surface area contributed by atoms with Gasteiger partial charge in [-0.05, 0) is 13.8 Å². The number of amides is 2. The van der Waals surface area contributed by atoms with Crippen LogP contribution in [-0.4, -0.2) is 42.9 Å². The van der Waals surface area contributed by atoms with Gasteiger partial charge in [-0.25, -0.2) is 4.79 Å². The molecule has 3 nitrogen and oxygen atoms in total. The van der Waals surface area contributed by atoms with Crippen molar-refractivity contribution in [2.75, 3.05) is 13.1 Å². The molecule has 0 aromatic rings. The third kappa shape index (κ3) is 4.38. The van der Waals surface area contributed by atoms with Crippen molar-refractivity contribution < 1.29 is 4.79 Å². The van der Waals surface area contributed by atoms with Crippen LogP contribution < -0.4 is 5.73 Å². The molecule has 9 heavy (non-hydrogen) atoms. The predicted octanol–water partition coefficient (Wildman–Crippen LogP) is -0.242. The van der Waals surface area contributed by atoms with Gasteiger partial charge in [-0.3, -0.25) is 0 Å². The van der Waals surface area contributed by atoms with Crippen molar-refractivity contribution in [1.29, 1.82) is 0 Å². The zero-order valence-electron chi connectivity index (χ0n) is 5.35. The fraction of sp³-hybridized carbons (Fsp3) is 0.800. The first-order valence-electron chi connectivity index (χ1n) is 2.76. The summed E-state index contributed by atoms with van der Waals surface area (Å²) >= 11 is 0. The molecule has 0 saturated heterocycles. The van der Waals surface area contributed by atoms with E-state index in [2.05, 4.69) is 0 Å². The van der Waals surface area contributed by atoms with Gasteiger partial charge in [0.05, 0.1) is 0 Å². The Morgan fingerprint density at radius 1 is 1.44 bits per heavy atom. The van der Waals surface area contributed by atoms with Crippen molar-refractivity contribution in [1.82, 2.24) is 4.90 Å². The van der Waals surface area contributed by atoms with Gasteiger partial charge < -0.3 is 10.6 Å². The number of rotatable bonds is 2. The van der Waals surface area contributed by atoms with E-state index in [9.17, 15) is 4.79 Å². The van der Waals surface area contributed by atoms with Crippen LogP contribution in [0.2, 0.25) is 0 Å². The number of hydrogen-bond acceptors (Lipinski definition) is 1. The van der Waals surface area contributed by atoms with Crippen LogP contribution in [0.15, 0.2) is 0 Å². The van der Waals surface area contributed by atoms with Crippen LogP contribution in [0, 0.1) is 0 Å². The Kier molecular flexibility index (Phi) is 7.75. The average molecular weight is 124 g/mol. The van der Waals surface area contributed by atoms with E-state index in [1.165, 1.54) is 0 Å². The Hall–Kier alpha value is -0.133. The van der Waals surface area contributed by atoms with E-state index in [4.69, 9.17) is 5.73 Å². The van der Waals surface area contributed by atoms with Crippen molar-refractivity contribution in [3.63, 3.8) is 0 Å². The Labute approximate surface area is 67.8 Å². The summed E-state index contributed by atoms with van der Waals surface area (Å²) in [6, 6.07) is -0.338. The second-order valence-corrected chi connectivity index (χ2v) is 1.51. The normalized spacial score (nSPS) is 7.78. The van der Waals surface area contributed by atoms with E-state index in [-0.39, 0.29) is 24.9 Å². The molecule has 4 heteroatoms. The van der Waals surface area contributed by atoms with Crippen LogP contribution in [0.5, 0.6) is 0 Å². The molecule has 0 aliphatic carbocycles. The molecule has 0 rings (SSSR count). The van der Waals surface area contributed by atoms with Crippen LogP contribution in [0.3, 0.4) is 0 Å². The van der Waals surface area contributed by atoms with E-state index in [1.54, 1.807) is 4.90 Å². The summed E-state index contributed by atoms with van der Waals surface area (Å²) in [6.07, 6.45) is 0. The van der Waals surface area contributed by atoms with Gasteiger partial charge in [0.1, 0.15) is 0 Å². The van der Waals surface area contributed by atoms with Crippen LogP contribution in [-0.2, 0) is 0 Å². The van der Waals surface area contributed by atoms with Crippen LogP contribution in [0.4, 0.5) is 4.79 Å². The molecule has 0 spiro atoms. The number of nitrogens with zero attached hydrogens (tertiary/aromatic N) is 1. The van der Waals surface area contributed by atoms with Crippen LogP contribution >= 0.6 is 0 Å². The number of hydrogen-bond donors (Lipinski definition) is 1. The van der Waals surface area contributed by atoms with E-state index in [0.29, 0.717) is 13.1 Å². The molecule has 50 valence electrons. The summed E-state index contributed by atoms with van der Waals surface area (Å²) in [7, 11) is 0. The van der Waals surface area contributed by atoms with Gasteiger partial charge >= 0.3 is 24.9 Å². The maximum absolute atomic E-state index is 10.3. The van der Waals surface area contributed by atoms with Gasteiger partial charge in [0.15, 0.2) is 0 Å². The first-order chi connectivity index (χ1) is 3.72. The van der Waals surface area contributed by atoms with Crippen molar-refractivity contribution in [3.05, 3.63) is 0 Å². The van der Waals surface area contributed by atoms with E-state index in [1.807, 2.05) is 13.8 Å². The molecule has 0 aliphatic heterocycles. The zero-order valence-corrected chi connectivity index (χ0v) is 5.35. The molecule has 0 aromatic heterocycles. The minimum absolute atomic E-state index is 0. The maximum atomic E-state index is 10.3. The molecule has 0 radical (unpaired) electrons. The van der Waals surface area contributed by atoms with Gasteiger partial charge in [0, 0.05) is 13.1 Å². The van der Waals surface area contributed by atoms with Crippen LogP contribution in [0.25, 0.3) is 0 Å². The zero-order chi connectivity index (χ0) is 6.57. The van der Waals surface area contributed by atoms with E-state index in [0.717, 1.165) is 0 Å². The quantitative estimate of drug-likeness (QED) is 0.507. The summed E-state index contributed by atoms with van der Waals surface area (Å²) in [5, 5.41) is 0. The molecule has 2 N–H and O–H groups in total. The number of nitrogens with two attached hydrogens (primary N) is 1. The Morgan fingerprint density at radius 3 is 1.78 bits per heavy atom. The molecule has 0 aromatic carbocycles. The molecule has 0 bridgehead atoms. The molecule has 0 heterocycles. The second-order valence-electron chi connectivity index (χ2n) is 1.51. The van der Waals surface area contributed by atoms with Crippen LogP contribution in [0.1, 0.15) is 13.8 Å². The SMILES string of the molecule is CCN(CC)C(N)=O.[LiH]. The summed E-state index contributed by atoms with van der Waals surface area (Å²) in [4.78, 5) is 11.9. The van der Waals surface area contributed by atoms with Gasteiger partial charge in [-0.15, -0.1) is 0 Å². The molecular weight excluding hydrogens is 111 g/mol. The van der Waals surface area contributed by atoms with Gasteiger partial charge in [-0.2, -0.15) is 0 Å². The first-order valence-corrected chi connectivity index (χ1v) is 2.76. The summed E-state index contributed by atoms with van der Waals surface area (Å²) in [5.41, 5.74) is 4.94. The summed E-state index contributed by atoms with van der Waals surface area (Å²) < 4.78 is 0. The second kappa shape index (κ2) is 5.99. The van der Waals surface area contributed by atoms with Crippen molar-refractivity contribution in [2.24, 2.45) is 5.73 Å². The molecular formula is C5H13LiN2O. The van der Waals surface area contributed by atoms with Crippen molar-refractivity contribution in [3.8, 4) is 0 Å². The monoisotopic (exact) mass is 124 g/mol. The van der Waals surface area contributed by atoms with Gasteiger partial charge in [-0.1, -0.05) is 0 Å².